The quantitative estimate of drug-likeness (QED) is 0.897. The van der Waals surface area contributed by atoms with E-state index in [4.69, 9.17) is 0 Å². The second-order valence-electron chi connectivity index (χ2n) is 5.02. The molecule has 1 fully saturated rings. The predicted molar refractivity (Wildman–Crippen MR) is 76.8 cm³/mol. The van der Waals surface area contributed by atoms with Crippen LogP contribution in [-0.2, 0) is 10.0 Å². The van der Waals surface area contributed by atoms with Gasteiger partial charge >= 0.3 is 0 Å². The monoisotopic (exact) mass is 283 g/mol. The first-order valence-electron chi connectivity index (χ1n) is 6.40. The zero-order valence-electron chi connectivity index (χ0n) is 11.6. The van der Waals surface area contributed by atoms with Gasteiger partial charge in [-0.1, -0.05) is 12.1 Å². The minimum absolute atomic E-state index is 0.302. The van der Waals surface area contributed by atoms with E-state index in [9.17, 15) is 8.42 Å². The third kappa shape index (κ3) is 2.75. The lowest BCUT2D eigenvalue weighted by Gasteiger charge is -2.21. The van der Waals surface area contributed by atoms with Gasteiger partial charge in [-0.25, -0.2) is 8.42 Å². The van der Waals surface area contributed by atoms with Crippen molar-refractivity contribution < 1.29 is 8.42 Å². The molecule has 0 amide bonds. The van der Waals surface area contributed by atoms with Crippen molar-refractivity contribution in [1.29, 1.82) is 0 Å². The highest BCUT2D eigenvalue weighted by Crippen LogP contribution is 2.27. The highest BCUT2D eigenvalue weighted by Gasteiger charge is 2.34. The number of para-hydroxylation sites is 1. The molecular formula is C13H21N3O2S. The van der Waals surface area contributed by atoms with Crippen LogP contribution in [0.1, 0.15) is 6.42 Å². The van der Waals surface area contributed by atoms with Crippen LogP contribution in [0.3, 0.4) is 0 Å². The Balaban J connectivity index is 2.29. The third-order valence-electron chi connectivity index (χ3n) is 3.63. The molecule has 0 aliphatic carbocycles. The largest absolute Gasteiger partial charge is 0.387 e. The number of benzene rings is 1. The zero-order valence-corrected chi connectivity index (χ0v) is 12.4. The minimum Gasteiger partial charge on any atom is -0.387 e. The minimum atomic E-state index is -3.40. The van der Waals surface area contributed by atoms with Crippen molar-refractivity contribution >= 4 is 15.7 Å². The summed E-state index contributed by atoms with van der Waals surface area (Å²) in [5.74, 6) is 0. The van der Waals surface area contributed by atoms with Crippen LogP contribution in [-0.4, -0.2) is 57.9 Å². The second-order valence-corrected chi connectivity index (χ2v) is 6.92. The Labute approximate surface area is 115 Å². The van der Waals surface area contributed by atoms with Crippen molar-refractivity contribution in [2.75, 3.05) is 39.5 Å². The Kier molecular flexibility index (Phi) is 4.13. The van der Waals surface area contributed by atoms with Crippen LogP contribution in [0.5, 0.6) is 0 Å². The molecular weight excluding hydrogens is 262 g/mol. The Hall–Kier alpha value is -1.11. The second kappa shape index (κ2) is 5.48. The molecule has 0 radical (unpaired) electrons. The van der Waals surface area contributed by atoms with E-state index >= 15 is 0 Å². The summed E-state index contributed by atoms with van der Waals surface area (Å²) in [5.41, 5.74) is 0.649. The van der Waals surface area contributed by atoms with Crippen molar-refractivity contribution in [3.8, 4) is 0 Å². The number of nitrogens with zero attached hydrogens (tertiary/aromatic N) is 2. The summed E-state index contributed by atoms with van der Waals surface area (Å²) in [6.45, 7) is 1.15. The van der Waals surface area contributed by atoms with E-state index < -0.39 is 10.0 Å². The van der Waals surface area contributed by atoms with Gasteiger partial charge in [0.1, 0.15) is 4.90 Å². The van der Waals surface area contributed by atoms with E-state index in [0.717, 1.165) is 6.42 Å². The fraction of sp³-hybridized carbons (Fsp3) is 0.538. The van der Waals surface area contributed by atoms with Crippen molar-refractivity contribution in [1.82, 2.24) is 9.21 Å². The summed E-state index contributed by atoms with van der Waals surface area (Å²) in [7, 11) is 2.31. The molecule has 1 saturated heterocycles. The number of hydrogen-bond acceptors (Lipinski definition) is 4. The van der Waals surface area contributed by atoms with Gasteiger partial charge in [-0.15, -0.1) is 0 Å². The normalized spacial score (nSPS) is 20.9. The molecule has 19 heavy (non-hydrogen) atoms. The van der Waals surface area contributed by atoms with Crippen molar-refractivity contribution in [3.63, 3.8) is 0 Å². The molecule has 1 N–H and O–H groups in total. The van der Waals surface area contributed by atoms with Crippen LogP contribution in [0.4, 0.5) is 5.69 Å². The van der Waals surface area contributed by atoms with E-state index in [-0.39, 0.29) is 0 Å². The van der Waals surface area contributed by atoms with Gasteiger partial charge in [-0.3, -0.25) is 0 Å². The molecule has 1 atom stereocenters. The van der Waals surface area contributed by atoms with E-state index in [2.05, 4.69) is 10.2 Å². The maximum atomic E-state index is 12.6. The molecule has 1 heterocycles. The molecule has 2 rings (SSSR count). The smallest absolute Gasteiger partial charge is 0.245 e. The van der Waals surface area contributed by atoms with Crippen LogP contribution in [0.25, 0.3) is 0 Å². The topological polar surface area (TPSA) is 52.7 Å². The fourth-order valence-electron chi connectivity index (χ4n) is 2.39. The Morgan fingerprint density at radius 1 is 1.32 bits per heavy atom. The standard InChI is InChI=1S/C13H21N3O2S/c1-14-12-6-4-5-7-13(12)19(17,18)16-9-8-11(10-16)15(2)3/h4-7,11,14H,8-10H2,1-3H3. The number of sulfonamides is 1. The molecule has 0 spiro atoms. The number of likely N-dealkylation sites (N-methyl/N-ethyl adjacent to an activating group) is 1. The molecule has 1 aromatic rings. The molecule has 0 aromatic heterocycles. The summed E-state index contributed by atoms with van der Waals surface area (Å²) in [4.78, 5) is 2.44. The number of rotatable bonds is 4. The molecule has 1 unspecified atom stereocenters. The number of hydrogen-bond donors (Lipinski definition) is 1. The van der Waals surface area contributed by atoms with Gasteiger partial charge in [-0.05, 0) is 32.6 Å². The lowest BCUT2D eigenvalue weighted by Crippen LogP contribution is -2.34. The molecule has 106 valence electrons. The van der Waals surface area contributed by atoms with Crippen molar-refractivity contribution in [2.24, 2.45) is 0 Å². The summed E-state index contributed by atoms with van der Waals surface area (Å²) in [6, 6.07) is 7.33. The highest BCUT2D eigenvalue weighted by atomic mass is 32.2. The van der Waals surface area contributed by atoms with Gasteiger partial charge in [0.2, 0.25) is 10.0 Å². The zero-order chi connectivity index (χ0) is 14.0. The number of nitrogens with one attached hydrogen (secondary N) is 1. The first-order chi connectivity index (χ1) is 8.96. The van der Waals surface area contributed by atoms with E-state index in [1.807, 2.05) is 20.2 Å². The Morgan fingerprint density at radius 3 is 2.58 bits per heavy atom. The van der Waals surface area contributed by atoms with Gasteiger partial charge in [0.25, 0.3) is 0 Å². The van der Waals surface area contributed by atoms with E-state index in [1.165, 1.54) is 0 Å². The van der Waals surface area contributed by atoms with Gasteiger partial charge in [0.05, 0.1) is 5.69 Å². The van der Waals surface area contributed by atoms with Gasteiger partial charge < -0.3 is 10.2 Å². The highest BCUT2D eigenvalue weighted by molar-refractivity contribution is 7.89. The van der Waals surface area contributed by atoms with E-state index in [1.54, 1.807) is 29.6 Å². The molecule has 0 bridgehead atoms. The SMILES string of the molecule is CNc1ccccc1S(=O)(=O)N1CCC(N(C)C)C1. The molecule has 5 nitrogen and oxygen atoms in total. The summed E-state index contributed by atoms with van der Waals surface area (Å²) >= 11 is 0. The molecule has 6 heteroatoms. The summed E-state index contributed by atoms with van der Waals surface area (Å²) in [5, 5.41) is 2.94. The predicted octanol–water partition coefficient (Wildman–Crippen LogP) is 1.05. The van der Waals surface area contributed by atoms with Crippen LogP contribution >= 0.6 is 0 Å². The first-order valence-corrected chi connectivity index (χ1v) is 7.84. The molecule has 1 aliphatic rings. The maximum Gasteiger partial charge on any atom is 0.245 e. The average molecular weight is 283 g/mol. The van der Waals surface area contributed by atoms with Crippen molar-refractivity contribution in [3.05, 3.63) is 24.3 Å². The van der Waals surface area contributed by atoms with Crippen molar-refractivity contribution in [2.45, 2.75) is 17.4 Å². The van der Waals surface area contributed by atoms with Crippen LogP contribution < -0.4 is 5.32 Å². The lowest BCUT2D eigenvalue weighted by atomic mass is 10.2. The Morgan fingerprint density at radius 2 is 2.00 bits per heavy atom. The molecule has 1 aliphatic heterocycles. The third-order valence-corrected chi connectivity index (χ3v) is 5.55. The molecule has 0 saturated carbocycles. The van der Waals surface area contributed by atoms with Gasteiger partial charge in [-0.2, -0.15) is 4.31 Å². The van der Waals surface area contributed by atoms with Gasteiger partial charge in [0, 0.05) is 26.2 Å². The summed E-state index contributed by atoms with van der Waals surface area (Å²) in [6.07, 6.45) is 0.883. The Bertz CT molecular complexity index is 543. The number of anilines is 1. The summed E-state index contributed by atoms with van der Waals surface area (Å²) < 4.78 is 26.9. The molecule has 1 aromatic carbocycles. The first kappa shape index (κ1) is 14.3. The van der Waals surface area contributed by atoms with Crippen LogP contribution in [0, 0.1) is 0 Å². The van der Waals surface area contributed by atoms with Crippen LogP contribution in [0.2, 0.25) is 0 Å². The maximum absolute atomic E-state index is 12.6. The lowest BCUT2D eigenvalue weighted by molar-refractivity contribution is 0.302. The average Bonchev–Trinajstić information content (AvgIpc) is 2.89. The van der Waals surface area contributed by atoms with E-state index in [0.29, 0.717) is 29.7 Å². The van der Waals surface area contributed by atoms with Gasteiger partial charge in [0.15, 0.2) is 0 Å². The fourth-order valence-corrected chi connectivity index (χ4v) is 4.08. The van der Waals surface area contributed by atoms with Crippen LogP contribution in [0.15, 0.2) is 29.2 Å².